The SMILES string of the molecule is NC(Cc1ccc(F)cc1Cl)c1ccc2c(c1)CCC2. The molecule has 1 unspecified atom stereocenters. The molecule has 0 aromatic heterocycles. The minimum Gasteiger partial charge on any atom is -0.324 e. The van der Waals surface area contributed by atoms with Crippen LogP contribution in [0.15, 0.2) is 36.4 Å². The van der Waals surface area contributed by atoms with Gasteiger partial charge in [0, 0.05) is 11.1 Å². The lowest BCUT2D eigenvalue weighted by Crippen LogP contribution is -2.14. The number of hydrogen-bond acceptors (Lipinski definition) is 1. The standard InChI is InChI=1S/C17H17ClFN/c18-16-10-15(19)7-6-13(16)9-17(20)14-5-4-11-2-1-3-12(11)8-14/h4-8,10,17H,1-3,9,20H2. The Morgan fingerprint density at radius 3 is 2.70 bits per heavy atom. The Bertz CT molecular complexity index is 639. The first-order chi connectivity index (χ1) is 9.63. The van der Waals surface area contributed by atoms with Crippen LogP contribution in [0.25, 0.3) is 0 Å². The summed E-state index contributed by atoms with van der Waals surface area (Å²) in [6, 6.07) is 10.9. The molecule has 0 saturated carbocycles. The van der Waals surface area contributed by atoms with E-state index >= 15 is 0 Å². The zero-order chi connectivity index (χ0) is 14.1. The molecule has 0 heterocycles. The molecule has 0 amide bonds. The van der Waals surface area contributed by atoms with Crippen molar-refractivity contribution in [1.82, 2.24) is 0 Å². The van der Waals surface area contributed by atoms with Crippen molar-refractivity contribution >= 4 is 11.6 Å². The highest BCUT2D eigenvalue weighted by molar-refractivity contribution is 6.31. The summed E-state index contributed by atoms with van der Waals surface area (Å²) in [4.78, 5) is 0. The molecule has 0 saturated heterocycles. The average Bonchev–Trinajstić information content (AvgIpc) is 2.89. The van der Waals surface area contributed by atoms with Gasteiger partial charge in [0.2, 0.25) is 0 Å². The van der Waals surface area contributed by atoms with E-state index in [1.807, 2.05) is 0 Å². The first kappa shape index (κ1) is 13.6. The molecule has 0 aliphatic heterocycles. The largest absolute Gasteiger partial charge is 0.324 e. The van der Waals surface area contributed by atoms with Gasteiger partial charge in [-0.25, -0.2) is 4.39 Å². The molecule has 2 aromatic rings. The van der Waals surface area contributed by atoms with Crippen molar-refractivity contribution in [3.8, 4) is 0 Å². The number of hydrogen-bond donors (Lipinski definition) is 1. The van der Waals surface area contributed by atoms with Crippen LogP contribution in [0.4, 0.5) is 4.39 Å². The van der Waals surface area contributed by atoms with E-state index in [4.69, 9.17) is 17.3 Å². The van der Waals surface area contributed by atoms with Gasteiger partial charge in [-0.2, -0.15) is 0 Å². The van der Waals surface area contributed by atoms with Gasteiger partial charge in [-0.3, -0.25) is 0 Å². The minimum atomic E-state index is -0.315. The fourth-order valence-electron chi connectivity index (χ4n) is 2.86. The van der Waals surface area contributed by atoms with Gasteiger partial charge in [-0.05, 0) is 60.1 Å². The molecule has 0 fully saturated rings. The first-order valence-corrected chi connectivity index (χ1v) is 7.32. The van der Waals surface area contributed by atoms with Crippen LogP contribution >= 0.6 is 11.6 Å². The average molecular weight is 290 g/mol. The molecule has 1 aliphatic carbocycles. The highest BCUT2D eigenvalue weighted by Crippen LogP contribution is 2.27. The maximum atomic E-state index is 13.0. The smallest absolute Gasteiger partial charge is 0.124 e. The highest BCUT2D eigenvalue weighted by atomic mass is 35.5. The first-order valence-electron chi connectivity index (χ1n) is 6.94. The number of rotatable bonds is 3. The van der Waals surface area contributed by atoms with Gasteiger partial charge in [0.1, 0.15) is 5.82 Å². The number of nitrogens with two attached hydrogens (primary N) is 1. The van der Waals surface area contributed by atoms with E-state index in [9.17, 15) is 4.39 Å². The van der Waals surface area contributed by atoms with Crippen LogP contribution in [-0.4, -0.2) is 0 Å². The lowest BCUT2D eigenvalue weighted by atomic mass is 9.96. The van der Waals surface area contributed by atoms with Crippen molar-refractivity contribution in [1.29, 1.82) is 0 Å². The quantitative estimate of drug-likeness (QED) is 0.900. The Morgan fingerprint density at radius 1 is 1.10 bits per heavy atom. The van der Waals surface area contributed by atoms with Crippen LogP contribution in [0.1, 0.15) is 34.7 Å². The summed E-state index contributed by atoms with van der Waals surface area (Å²) in [5.74, 6) is -0.315. The van der Waals surface area contributed by atoms with Crippen LogP contribution < -0.4 is 5.73 Å². The molecule has 0 radical (unpaired) electrons. The normalized spacial score (nSPS) is 15.2. The van der Waals surface area contributed by atoms with E-state index < -0.39 is 0 Å². The van der Waals surface area contributed by atoms with E-state index in [-0.39, 0.29) is 11.9 Å². The molecule has 3 rings (SSSR count). The fourth-order valence-corrected chi connectivity index (χ4v) is 3.11. The number of benzene rings is 2. The summed E-state index contributed by atoms with van der Waals surface area (Å²) in [7, 11) is 0. The molecule has 20 heavy (non-hydrogen) atoms. The number of halogens is 2. The molecule has 2 aromatic carbocycles. The van der Waals surface area contributed by atoms with Gasteiger partial charge >= 0.3 is 0 Å². The summed E-state index contributed by atoms with van der Waals surface area (Å²) < 4.78 is 13.0. The van der Waals surface area contributed by atoms with Crippen LogP contribution in [0.2, 0.25) is 5.02 Å². The minimum absolute atomic E-state index is 0.108. The summed E-state index contributed by atoms with van der Waals surface area (Å²) in [6.07, 6.45) is 4.18. The summed E-state index contributed by atoms with van der Waals surface area (Å²) >= 11 is 6.06. The lowest BCUT2D eigenvalue weighted by Gasteiger charge is -2.14. The zero-order valence-electron chi connectivity index (χ0n) is 11.2. The molecule has 1 aliphatic rings. The molecule has 104 valence electrons. The molecule has 1 nitrogen and oxygen atoms in total. The molecular weight excluding hydrogens is 273 g/mol. The number of aryl methyl sites for hydroxylation is 2. The van der Waals surface area contributed by atoms with Gasteiger partial charge in [0.15, 0.2) is 0 Å². The van der Waals surface area contributed by atoms with E-state index in [2.05, 4.69) is 18.2 Å². The van der Waals surface area contributed by atoms with Gasteiger partial charge in [0.05, 0.1) is 0 Å². The van der Waals surface area contributed by atoms with Gasteiger partial charge in [-0.1, -0.05) is 35.9 Å². The van der Waals surface area contributed by atoms with Crippen molar-refractivity contribution in [3.05, 3.63) is 69.5 Å². The van der Waals surface area contributed by atoms with Crippen molar-refractivity contribution in [2.24, 2.45) is 5.73 Å². The molecule has 0 bridgehead atoms. The summed E-state index contributed by atoms with van der Waals surface area (Å²) in [6.45, 7) is 0. The summed E-state index contributed by atoms with van der Waals surface area (Å²) in [5, 5.41) is 0.446. The molecule has 0 spiro atoms. The third-order valence-electron chi connectivity index (χ3n) is 4.01. The van der Waals surface area contributed by atoms with E-state index in [0.29, 0.717) is 11.4 Å². The highest BCUT2D eigenvalue weighted by Gasteiger charge is 2.15. The molecule has 3 heteroatoms. The summed E-state index contributed by atoms with van der Waals surface area (Å²) in [5.41, 5.74) is 11.2. The maximum absolute atomic E-state index is 13.0. The number of fused-ring (bicyclic) bond motifs is 1. The zero-order valence-corrected chi connectivity index (χ0v) is 12.0. The molecular formula is C17H17ClFN. The predicted molar refractivity (Wildman–Crippen MR) is 80.5 cm³/mol. The fraction of sp³-hybridized carbons (Fsp3) is 0.294. The van der Waals surface area contributed by atoms with Crippen LogP contribution in [-0.2, 0) is 19.3 Å². The third kappa shape index (κ3) is 2.72. The van der Waals surface area contributed by atoms with Crippen molar-refractivity contribution in [2.45, 2.75) is 31.7 Å². The predicted octanol–water partition coefficient (Wildman–Crippen LogP) is 4.21. The van der Waals surface area contributed by atoms with Crippen LogP contribution in [0.5, 0.6) is 0 Å². The topological polar surface area (TPSA) is 26.0 Å². The van der Waals surface area contributed by atoms with Crippen molar-refractivity contribution in [2.75, 3.05) is 0 Å². The van der Waals surface area contributed by atoms with E-state index in [1.165, 1.54) is 36.1 Å². The molecule has 1 atom stereocenters. The monoisotopic (exact) mass is 289 g/mol. The van der Waals surface area contributed by atoms with Crippen molar-refractivity contribution < 1.29 is 4.39 Å². The van der Waals surface area contributed by atoms with Gasteiger partial charge < -0.3 is 5.73 Å². The Kier molecular flexibility index (Phi) is 3.77. The second-order valence-electron chi connectivity index (χ2n) is 5.43. The van der Waals surface area contributed by atoms with E-state index in [1.54, 1.807) is 6.07 Å². The maximum Gasteiger partial charge on any atom is 0.124 e. The van der Waals surface area contributed by atoms with Gasteiger partial charge in [0.25, 0.3) is 0 Å². The van der Waals surface area contributed by atoms with Crippen LogP contribution in [0, 0.1) is 5.82 Å². The lowest BCUT2D eigenvalue weighted by molar-refractivity contribution is 0.625. The van der Waals surface area contributed by atoms with E-state index in [0.717, 1.165) is 17.5 Å². The Labute approximate surface area is 123 Å². The van der Waals surface area contributed by atoms with Crippen molar-refractivity contribution in [3.63, 3.8) is 0 Å². The Morgan fingerprint density at radius 2 is 1.90 bits per heavy atom. The third-order valence-corrected chi connectivity index (χ3v) is 4.36. The molecule has 2 N–H and O–H groups in total. The Balaban J connectivity index is 1.80. The van der Waals surface area contributed by atoms with Gasteiger partial charge in [-0.15, -0.1) is 0 Å². The van der Waals surface area contributed by atoms with Crippen LogP contribution in [0.3, 0.4) is 0 Å². The second-order valence-corrected chi connectivity index (χ2v) is 5.84. The second kappa shape index (κ2) is 5.55. The Hall–Kier alpha value is -1.38.